The Balaban J connectivity index is 1.89. The minimum absolute atomic E-state index is 0.0151. The Labute approximate surface area is 116 Å². The molecule has 2 N–H and O–H groups in total. The van der Waals surface area contributed by atoms with Crippen LogP contribution in [0.1, 0.15) is 5.56 Å². The fourth-order valence-electron chi connectivity index (χ4n) is 1.65. The zero-order valence-electron chi connectivity index (χ0n) is 11.0. The Kier molecular flexibility index (Phi) is 4.81. The summed E-state index contributed by atoms with van der Waals surface area (Å²) in [5.41, 5.74) is 3.11. The van der Waals surface area contributed by atoms with E-state index >= 15 is 0 Å². The lowest BCUT2D eigenvalue weighted by Gasteiger charge is -2.02. The molecule has 2 aromatic rings. The molecule has 102 valence electrons. The van der Waals surface area contributed by atoms with Gasteiger partial charge in [0.15, 0.2) is 5.16 Å². The van der Waals surface area contributed by atoms with E-state index in [2.05, 4.69) is 15.3 Å². The van der Waals surface area contributed by atoms with Crippen molar-refractivity contribution in [3.8, 4) is 0 Å². The van der Waals surface area contributed by atoms with Crippen molar-refractivity contribution in [1.29, 1.82) is 0 Å². The number of ether oxygens (including phenoxy) is 1. The number of aryl methyl sites for hydroxylation is 1. The second-order valence-corrected chi connectivity index (χ2v) is 5.16. The number of fused-ring (bicyclic) bond motifs is 1. The molecule has 0 unspecified atom stereocenters. The maximum absolute atomic E-state index is 11.5. The molecule has 0 aliphatic rings. The van der Waals surface area contributed by atoms with Crippen molar-refractivity contribution in [1.82, 2.24) is 15.3 Å². The number of nitrogens with zero attached hydrogens (tertiary/aromatic N) is 1. The maximum Gasteiger partial charge on any atom is 0.230 e. The molecule has 0 saturated heterocycles. The summed E-state index contributed by atoms with van der Waals surface area (Å²) in [6.07, 6.45) is 0. The molecule has 0 aliphatic heterocycles. The lowest BCUT2D eigenvalue weighted by molar-refractivity contribution is -0.118. The van der Waals surface area contributed by atoms with Crippen LogP contribution in [0.15, 0.2) is 23.4 Å². The average molecular weight is 279 g/mol. The minimum atomic E-state index is -0.0151. The van der Waals surface area contributed by atoms with E-state index in [0.717, 1.165) is 16.2 Å². The summed E-state index contributed by atoms with van der Waals surface area (Å²) in [6, 6.07) is 6.05. The number of hydrogen-bond donors (Lipinski definition) is 2. The first-order chi connectivity index (χ1) is 9.19. The zero-order chi connectivity index (χ0) is 13.7. The van der Waals surface area contributed by atoms with Crippen LogP contribution in [-0.2, 0) is 9.53 Å². The van der Waals surface area contributed by atoms with Crippen LogP contribution in [0.25, 0.3) is 11.0 Å². The molecular weight excluding hydrogens is 262 g/mol. The third-order valence-electron chi connectivity index (χ3n) is 2.58. The first-order valence-corrected chi connectivity index (χ1v) is 7.02. The number of aromatic amines is 1. The second-order valence-electron chi connectivity index (χ2n) is 4.19. The Morgan fingerprint density at radius 2 is 2.37 bits per heavy atom. The Bertz CT molecular complexity index is 568. The van der Waals surface area contributed by atoms with E-state index in [0.29, 0.717) is 18.9 Å². The van der Waals surface area contributed by atoms with Gasteiger partial charge in [-0.25, -0.2) is 4.98 Å². The molecule has 0 fully saturated rings. The predicted molar refractivity (Wildman–Crippen MR) is 76.4 cm³/mol. The van der Waals surface area contributed by atoms with Gasteiger partial charge in [-0.05, 0) is 24.6 Å². The number of rotatable bonds is 6. The van der Waals surface area contributed by atoms with Crippen molar-refractivity contribution < 1.29 is 9.53 Å². The molecule has 0 saturated carbocycles. The normalized spacial score (nSPS) is 10.8. The molecule has 1 aromatic heterocycles. The number of carbonyl (C=O) groups excluding carboxylic acids is 1. The SMILES string of the molecule is COCCNC(=O)CSc1nc2ccc(C)cc2[nH]1. The van der Waals surface area contributed by atoms with E-state index in [-0.39, 0.29) is 5.91 Å². The molecule has 5 nitrogen and oxygen atoms in total. The van der Waals surface area contributed by atoms with Gasteiger partial charge in [0.25, 0.3) is 0 Å². The predicted octanol–water partition coefficient (Wildman–Crippen LogP) is 1.73. The number of imidazole rings is 1. The number of hydrogen-bond acceptors (Lipinski definition) is 4. The van der Waals surface area contributed by atoms with Crippen molar-refractivity contribution in [3.05, 3.63) is 23.8 Å². The van der Waals surface area contributed by atoms with Crippen molar-refractivity contribution in [2.75, 3.05) is 26.0 Å². The largest absolute Gasteiger partial charge is 0.383 e. The minimum Gasteiger partial charge on any atom is -0.383 e. The number of nitrogens with one attached hydrogen (secondary N) is 2. The fourth-order valence-corrected chi connectivity index (χ4v) is 2.36. The zero-order valence-corrected chi connectivity index (χ0v) is 11.8. The number of H-pyrrole nitrogens is 1. The summed E-state index contributed by atoms with van der Waals surface area (Å²) in [4.78, 5) is 19.2. The highest BCUT2D eigenvalue weighted by molar-refractivity contribution is 7.99. The molecule has 1 heterocycles. The van der Waals surface area contributed by atoms with Crippen LogP contribution in [0.2, 0.25) is 0 Å². The number of thioether (sulfide) groups is 1. The highest BCUT2D eigenvalue weighted by atomic mass is 32.2. The molecule has 1 aromatic carbocycles. The van der Waals surface area contributed by atoms with Gasteiger partial charge >= 0.3 is 0 Å². The number of aromatic nitrogens is 2. The van der Waals surface area contributed by atoms with Gasteiger partial charge in [-0.2, -0.15) is 0 Å². The van der Waals surface area contributed by atoms with Crippen LogP contribution in [0.4, 0.5) is 0 Å². The van der Waals surface area contributed by atoms with Gasteiger partial charge in [-0.1, -0.05) is 17.8 Å². The highest BCUT2D eigenvalue weighted by Gasteiger charge is 2.06. The van der Waals surface area contributed by atoms with Gasteiger partial charge in [0.2, 0.25) is 5.91 Å². The van der Waals surface area contributed by atoms with Crippen molar-refractivity contribution in [3.63, 3.8) is 0 Å². The number of carbonyl (C=O) groups is 1. The van der Waals surface area contributed by atoms with Crippen molar-refractivity contribution in [2.45, 2.75) is 12.1 Å². The summed E-state index contributed by atoms with van der Waals surface area (Å²) >= 11 is 1.40. The van der Waals surface area contributed by atoms with Crippen LogP contribution >= 0.6 is 11.8 Å². The summed E-state index contributed by atoms with van der Waals surface area (Å²) in [5, 5.41) is 3.54. The second kappa shape index (κ2) is 6.58. The highest BCUT2D eigenvalue weighted by Crippen LogP contribution is 2.19. The maximum atomic E-state index is 11.5. The number of benzene rings is 1. The average Bonchev–Trinajstić information content (AvgIpc) is 2.78. The Morgan fingerprint density at radius 3 is 3.16 bits per heavy atom. The van der Waals surface area contributed by atoms with E-state index in [9.17, 15) is 4.79 Å². The monoisotopic (exact) mass is 279 g/mol. The van der Waals surface area contributed by atoms with Crippen LogP contribution in [0.5, 0.6) is 0 Å². The molecule has 1 amide bonds. The van der Waals surface area contributed by atoms with Crippen LogP contribution in [0, 0.1) is 6.92 Å². The standard InChI is InChI=1S/C13H17N3O2S/c1-9-3-4-10-11(7-9)16-13(15-10)19-8-12(17)14-5-6-18-2/h3-4,7H,5-6,8H2,1-2H3,(H,14,17)(H,15,16). The molecule has 19 heavy (non-hydrogen) atoms. The van der Waals surface area contributed by atoms with Gasteiger partial charge in [0.05, 0.1) is 23.4 Å². The van der Waals surface area contributed by atoms with Crippen molar-refractivity contribution >= 4 is 28.7 Å². The molecule has 0 bridgehead atoms. The smallest absolute Gasteiger partial charge is 0.230 e. The fraction of sp³-hybridized carbons (Fsp3) is 0.385. The van der Waals surface area contributed by atoms with Crippen molar-refractivity contribution in [2.24, 2.45) is 0 Å². The van der Waals surface area contributed by atoms with Crippen LogP contribution in [0.3, 0.4) is 0 Å². The van der Waals surface area contributed by atoms with E-state index in [1.54, 1.807) is 7.11 Å². The van der Waals surface area contributed by atoms with Gasteiger partial charge < -0.3 is 15.0 Å². The van der Waals surface area contributed by atoms with Gasteiger partial charge in [-0.3, -0.25) is 4.79 Å². The summed E-state index contributed by atoms with van der Waals surface area (Å²) in [7, 11) is 1.61. The summed E-state index contributed by atoms with van der Waals surface area (Å²) < 4.78 is 4.87. The van der Waals surface area contributed by atoms with Gasteiger partial charge in [0.1, 0.15) is 0 Å². The lowest BCUT2D eigenvalue weighted by atomic mass is 10.2. The third-order valence-corrected chi connectivity index (χ3v) is 3.46. The molecule has 6 heteroatoms. The topological polar surface area (TPSA) is 67.0 Å². The molecule has 0 aliphatic carbocycles. The first kappa shape index (κ1) is 13.9. The molecule has 0 atom stereocenters. The summed E-state index contributed by atoms with van der Waals surface area (Å²) in [5.74, 6) is 0.335. The third kappa shape index (κ3) is 3.97. The lowest BCUT2D eigenvalue weighted by Crippen LogP contribution is -2.28. The van der Waals surface area contributed by atoms with Gasteiger partial charge in [-0.15, -0.1) is 0 Å². The van der Waals surface area contributed by atoms with E-state index < -0.39 is 0 Å². The molecule has 2 rings (SSSR count). The molecule has 0 spiro atoms. The number of methoxy groups -OCH3 is 1. The molecule has 0 radical (unpaired) electrons. The van der Waals surface area contributed by atoms with Gasteiger partial charge in [0, 0.05) is 13.7 Å². The van der Waals surface area contributed by atoms with E-state index in [4.69, 9.17) is 4.74 Å². The van der Waals surface area contributed by atoms with Crippen LogP contribution < -0.4 is 5.32 Å². The molecular formula is C13H17N3O2S. The Morgan fingerprint density at radius 1 is 1.53 bits per heavy atom. The number of amides is 1. The summed E-state index contributed by atoms with van der Waals surface area (Å²) in [6.45, 7) is 3.10. The van der Waals surface area contributed by atoms with Crippen LogP contribution in [-0.4, -0.2) is 41.9 Å². The first-order valence-electron chi connectivity index (χ1n) is 6.04. The Hall–Kier alpha value is -1.53. The van der Waals surface area contributed by atoms with E-state index in [1.165, 1.54) is 17.3 Å². The van der Waals surface area contributed by atoms with E-state index in [1.807, 2.05) is 25.1 Å². The quantitative estimate of drug-likeness (QED) is 0.624.